The second kappa shape index (κ2) is 3.04. The average Bonchev–Trinajstić information content (AvgIpc) is 2.03. The molecule has 6 heteroatoms. The maximum atomic E-state index is 12.0. The predicted octanol–water partition coefficient (Wildman–Crippen LogP) is 2.53. The summed E-state index contributed by atoms with van der Waals surface area (Å²) < 4.78 is 36.0. The summed E-state index contributed by atoms with van der Waals surface area (Å²) in [5.41, 5.74) is -1.73. The number of nitro groups is 1. The lowest BCUT2D eigenvalue weighted by Gasteiger charge is -2.04. The van der Waals surface area contributed by atoms with E-state index in [2.05, 4.69) is 6.07 Å². The van der Waals surface area contributed by atoms with Crippen molar-refractivity contribution >= 4 is 5.69 Å². The Kier molecular flexibility index (Phi) is 2.22. The van der Waals surface area contributed by atoms with E-state index in [0.29, 0.717) is 6.07 Å². The summed E-state index contributed by atoms with van der Waals surface area (Å²) >= 11 is 0. The molecule has 0 N–H and O–H groups in total. The lowest BCUT2D eigenvalue weighted by Crippen LogP contribution is -2.05. The van der Waals surface area contributed by atoms with E-state index in [9.17, 15) is 23.3 Å². The first-order valence-corrected chi connectivity index (χ1v) is 3.14. The number of non-ortho nitro benzene ring substituents is 1. The molecule has 0 aliphatic carbocycles. The van der Waals surface area contributed by atoms with Gasteiger partial charge in [-0.1, -0.05) is 0 Å². The zero-order valence-corrected chi connectivity index (χ0v) is 6.13. The summed E-state index contributed by atoms with van der Waals surface area (Å²) in [5, 5.41) is 10.1. The van der Waals surface area contributed by atoms with Gasteiger partial charge in [-0.15, -0.1) is 0 Å². The number of halogens is 3. The fourth-order valence-corrected chi connectivity index (χ4v) is 0.736. The maximum absolute atomic E-state index is 12.0. The third-order valence-corrected chi connectivity index (χ3v) is 1.31. The minimum atomic E-state index is -4.56. The van der Waals surface area contributed by atoms with Crippen LogP contribution in [0.25, 0.3) is 0 Å². The van der Waals surface area contributed by atoms with Crippen molar-refractivity contribution in [1.29, 1.82) is 0 Å². The summed E-state index contributed by atoms with van der Waals surface area (Å²) in [6, 6.07) is 4.13. The van der Waals surface area contributed by atoms with E-state index >= 15 is 0 Å². The van der Waals surface area contributed by atoms with E-state index in [4.69, 9.17) is 0 Å². The lowest BCUT2D eigenvalue weighted by atomic mass is 10.2. The maximum Gasteiger partial charge on any atom is 1.00 e. The van der Waals surface area contributed by atoms with Crippen LogP contribution in [0.5, 0.6) is 0 Å². The molecule has 1 rings (SSSR count). The van der Waals surface area contributed by atoms with Crippen molar-refractivity contribution in [2.75, 3.05) is 0 Å². The van der Waals surface area contributed by atoms with Crippen molar-refractivity contribution in [3.63, 3.8) is 0 Å². The molecule has 0 aliphatic rings. The van der Waals surface area contributed by atoms with Gasteiger partial charge >= 0.3 is 7.60 Å². The molecule has 0 saturated heterocycles. The van der Waals surface area contributed by atoms with Crippen molar-refractivity contribution < 1.29 is 19.5 Å². The first-order chi connectivity index (χ1) is 5.91. The van der Waals surface area contributed by atoms with Crippen molar-refractivity contribution in [1.82, 2.24) is 0 Å². The van der Waals surface area contributed by atoms with Gasteiger partial charge in [0, 0.05) is 6.07 Å². The van der Waals surface area contributed by atoms with Crippen molar-refractivity contribution in [3.05, 3.63) is 39.9 Å². The molecule has 1 radical (unpaired) electrons. The van der Waals surface area contributed by atoms with E-state index in [0.717, 1.165) is 12.1 Å². The molecular formula is C7H4F3NO2+. The Hall–Kier alpha value is -1.59. The zero-order chi connectivity index (χ0) is 10.1. The Bertz CT molecular complexity index is 340. The minimum Gasteiger partial charge on any atom is -0.258 e. The molecule has 0 spiro atoms. The monoisotopic (exact) mass is 191 g/mol. The van der Waals surface area contributed by atoms with Crippen molar-refractivity contribution in [3.8, 4) is 0 Å². The summed E-state index contributed by atoms with van der Waals surface area (Å²) in [6.07, 6.45) is -4.56. The number of hydrogen-bond donors (Lipinski definition) is 0. The third-order valence-electron chi connectivity index (χ3n) is 1.31. The van der Waals surface area contributed by atoms with Crippen LogP contribution in [0.15, 0.2) is 18.2 Å². The van der Waals surface area contributed by atoms with Gasteiger partial charge < -0.3 is 0 Å². The number of rotatable bonds is 1. The third kappa shape index (κ3) is 2.17. The molecule has 0 bridgehead atoms. The molecule has 1 aromatic carbocycles. The number of benzene rings is 1. The molecule has 0 fully saturated rings. The standard InChI is InChI=1S/C7H3F3NO2/c8-7(9,10)5-2-1-3-6(4-5)11(12)13/h1-2,4H/p+1. The van der Waals surface area contributed by atoms with E-state index in [1.54, 1.807) is 0 Å². The zero-order valence-electron chi connectivity index (χ0n) is 7.13. The van der Waals surface area contributed by atoms with Crippen LogP contribution in [0.2, 0.25) is 0 Å². The molecule has 0 saturated carbocycles. The van der Waals surface area contributed by atoms with Crippen LogP contribution >= 0.6 is 0 Å². The fourth-order valence-electron chi connectivity index (χ4n) is 0.736. The quantitative estimate of drug-likeness (QED) is 0.505. The smallest absolute Gasteiger partial charge is 0.258 e. The predicted molar refractivity (Wildman–Crippen MR) is 38.0 cm³/mol. The molecule has 0 amide bonds. The van der Waals surface area contributed by atoms with E-state index in [-0.39, 0.29) is 1.43 Å². The Morgan fingerprint density at radius 3 is 2.62 bits per heavy atom. The van der Waals surface area contributed by atoms with Crippen LogP contribution in [0.4, 0.5) is 18.9 Å². The number of nitro benzene ring substituents is 1. The van der Waals surface area contributed by atoms with E-state index in [1.165, 1.54) is 0 Å². The SMILES string of the molecule is O=[N+]([O-])c1[c]ccc(C(F)(F)F)c1.[H+]. The largest absolute Gasteiger partial charge is 1.00 e. The number of hydrogen-bond acceptors (Lipinski definition) is 2. The van der Waals surface area contributed by atoms with E-state index < -0.39 is 22.4 Å². The van der Waals surface area contributed by atoms with Gasteiger partial charge in [-0.3, -0.25) is 10.1 Å². The lowest BCUT2D eigenvalue weighted by molar-refractivity contribution is -0.385. The Morgan fingerprint density at radius 1 is 1.54 bits per heavy atom. The minimum absolute atomic E-state index is 0. The van der Waals surface area contributed by atoms with Crippen LogP contribution in [0.3, 0.4) is 0 Å². The number of nitrogens with zero attached hydrogens (tertiary/aromatic N) is 1. The molecule has 13 heavy (non-hydrogen) atoms. The van der Waals surface area contributed by atoms with Crippen LogP contribution in [-0.2, 0) is 6.18 Å². The highest BCUT2D eigenvalue weighted by Crippen LogP contribution is 2.30. The van der Waals surface area contributed by atoms with Crippen molar-refractivity contribution in [2.45, 2.75) is 6.18 Å². The van der Waals surface area contributed by atoms with Gasteiger partial charge in [0.15, 0.2) is 0 Å². The second-order valence-electron chi connectivity index (χ2n) is 2.22. The van der Waals surface area contributed by atoms with Crippen LogP contribution < -0.4 is 0 Å². The first-order valence-electron chi connectivity index (χ1n) is 3.14. The van der Waals surface area contributed by atoms with Gasteiger partial charge in [0.2, 0.25) is 0 Å². The highest BCUT2D eigenvalue weighted by molar-refractivity contribution is 5.34. The van der Waals surface area contributed by atoms with Gasteiger partial charge in [0.05, 0.1) is 16.6 Å². The molecule has 0 aliphatic heterocycles. The van der Waals surface area contributed by atoms with Crippen molar-refractivity contribution in [2.24, 2.45) is 0 Å². The van der Waals surface area contributed by atoms with Crippen LogP contribution in [-0.4, -0.2) is 4.92 Å². The fraction of sp³-hybridized carbons (Fsp3) is 0.143. The topological polar surface area (TPSA) is 43.1 Å². The first kappa shape index (κ1) is 9.50. The molecule has 1 aromatic rings. The summed E-state index contributed by atoms with van der Waals surface area (Å²) in [5.74, 6) is 0. The molecular weight excluding hydrogens is 187 g/mol. The van der Waals surface area contributed by atoms with E-state index in [1.807, 2.05) is 0 Å². The second-order valence-corrected chi connectivity index (χ2v) is 2.22. The molecule has 0 atom stereocenters. The average molecular weight is 191 g/mol. The van der Waals surface area contributed by atoms with Gasteiger partial charge in [0.25, 0.3) is 5.69 Å². The van der Waals surface area contributed by atoms with Gasteiger partial charge in [-0.05, 0) is 12.1 Å². The summed E-state index contributed by atoms with van der Waals surface area (Å²) in [6.45, 7) is 0. The van der Waals surface area contributed by atoms with Gasteiger partial charge in [-0.25, -0.2) is 0 Å². The van der Waals surface area contributed by atoms with Gasteiger partial charge in [0.1, 0.15) is 0 Å². The Morgan fingerprint density at radius 2 is 2.15 bits per heavy atom. The Balaban J connectivity index is 0.00000169. The summed E-state index contributed by atoms with van der Waals surface area (Å²) in [7, 11) is 0. The Labute approximate surface area is 72.4 Å². The molecule has 0 heterocycles. The molecule has 69 valence electrons. The van der Waals surface area contributed by atoms with Crippen LogP contribution in [0.1, 0.15) is 6.99 Å². The number of alkyl halides is 3. The highest BCUT2D eigenvalue weighted by Gasteiger charge is 2.31. The van der Waals surface area contributed by atoms with Gasteiger partial charge in [-0.2, -0.15) is 13.2 Å². The highest BCUT2D eigenvalue weighted by atomic mass is 19.4. The van der Waals surface area contributed by atoms with Crippen LogP contribution in [0, 0.1) is 16.2 Å². The normalized spacial score (nSPS) is 11.3. The molecule has 0 unspecified atom stereocenters. The molecule has 0 aromatic heterocycles. The molecule has 3 nitrogen and oxygen atoms in total. The summed E-state index contributed by atoms with van der Waals surface area (Å²) in [4.78, 5) is 9.17.